The Bertz CT molecular complexity index is 335. The Balaban J connectivity index is 0. The Morgan fingerprint density at radius 3 is 2.05 bits per heavy atom. The van der Waals surface area contributed by atoms with Crippen LogP contribution in [0.4, 0.5) is 5.69 Å². The van der Waals surface area contributed by atoms with Crippen LogP contribution in [0.15, 0.2) is 24.3 Å². The molecule has 1 aromatic rings. The van der Waals surface area contributed by atoms with Gasteiger partial charge in [-0.1, -0.05) is 66.2 Å². The molecule has 0 radical (unpaired) electrons. The van der Waals surface area contributed by atoms with Gasteiger partial charge in [-0.2, -0.15) is 0 Å². The maximum absolute atomic E-state index is 5.06. The highest BCUT2D eigenvalue weighted by Gasteiger charge is 2.05. The minimum atomic E-state index is 0.498. The number of para-hydroxylation sites is 1. The number of hydrogen-bond donors (Lipinski definition) is 2. The first kappa shape index (κ1) is 20.2. The lowest BCUT2D eigenvalue weighted by Gasteiger charge is -2.14. The maximum atomic E-state index is 5.06. The van der Waals surface area contributed by atoms with Gasteiger partial charge in [-0.3, -0.25) is 0 Å². The van der Waals surface area contributed by atoms with E-state index in [-0.39, 0.29) is 0 Å². The Labute approximate surface area is 125 Å². The first-order valence-corrected chi connectivity index (χ1v) is 7.55. The molecule has 0 unspecified atom stereocenters. The van der Waals surface area contributed by atoms with E-state index in [4.69, 9.17) is 12.2 Å². The van der Waals surface area contributed by atoms with Gasteiger partial charge in [0.2, 0.25) is 0 Å². The van der Waals surface area contributed by atoms with Crippen LogP contribution < -0.4 is 10.6 Å². The molecule has 0 saturated heterocycles. The van der Waals surface area contributed by atoms with Crippen molar-refractivity contribution in [2.24, 2.45) is 0 Å². The van der Waals surface area contributed by atoms with Crippen LogP contribution in [0.5, 0.6) is 0 Å². The van der Waals surface area contributed by atoms with Crippen molar-refractivity contribution < 1.29 is 0 Å². The van der Waals surface area contributed by atoms with E-state index in [9.17, 15) is 0 Å². The summed E-state index contributed by atoms with van der Waals surface area (Å²) in [5, 5.41) is 6.71. The Kier molecular flexibility index (Phi) is 14.2. The van der Waals surface area contributed by atoms with Crippen molar-refractivity contribution in [2.45, 2.75) is 53.9 Å². The average Bonchev–Trinajstić information content (AvgIpc) is 2.42. The molecule has 0 aliphatic rings. The molecule has 0 heterocycles. The largest absolute Gasteiger partial charge is 0.366 e. The molecule has 0 amide bonds. The van der Waals surface area contributed by atoms with Crippen LogP contribution in [-0.4, -0.2) is 12.2 Å². The van der Waals surface area contributed by atoms with Gasteiger partial charge in [0.15, 0.2) is 5.11 Å². The summed E-state index contributed by atoms with van der Waals surface area (Å²) in [7, 11) is 1.81. The van der Waals surface area contributed by atoms with Gasteiger partial charge >= 0.3 is 0 Å². The fourth-order valence-electron chi connectivity index (χ4n) is 1.30. The molecule has 0 aliphatic heterocycles. The fraction of sp³-hybridized carbons (Fsp3) is 0.562. The molecule has 3 heteroatoms. The van der Waals surface area contributed by atoms with Crippen LogP contribution >= 0.6 is 12.2 Å². The fourth-order valence-corrected chi connectivity index (χ4v) is 1.41. The van der Waals surface area contributed by atoms with Gasteiger partial charge in [0, 0.05) is 12.7 Å². The van der Waals surface area contributed by atoms with Crippen molar-refractivity contribution >= 4 is 23.0 Å². The number of thiocarbonyl (C=S) groups is 1. The van der Waals surface area contributed by atoms with Gasteiger partial charge < -0.3 is 10.6 Å². The Morgan fingerprint density at radius 1 is 1.16 bits per heavy atom. The first-order chi connectivity index (χ1) is 9.06. The molecule has 0 atom stereocenters. The van der Waals surface area contributed by atoms with Gasteiger partial charge in [-0.15, -0.1) is 0 Å². The standard InChI is InChI=1S/C11H16N2S.C3H8.C2H6/c1-8(2)9-6-4-5-7-10(9)13-11(14)12-3;1-3-2;1-2/h4-8H,1-3H3,(H2,12,13,14);3H2,1-2H3;1-2H3. The summed E-state index contributed by atoms with van der Waals surface area (Å²) in [5.74, 6) is 0.498. The van der Waals surface area contributed by atoms with Crippen molar-refractivity contribution in [3.05, 3.63) is 29.8 Å². The third-order valence-electron chi connectivity index (χ3n) is 2.06. The summed E-state index contributed by atoms with van der Waals surface area (Å²) in [5.41, 5.74) is 2.37. The van der Waals surface area contributed by atoms with E-state index >= 15 is 0 Å². The Hall–Kier alpha value is -1.09. The number of hydrogen-bond acceptors (Lipinski definition) is 1. The summed E-state index contributed by atoms with van der Waals surface area (Å²) in [4.78, 5) is 0. The maximum Gasteiger partial charge on any atom is 0.170 e. The highest BCUT2D eigenvalue weighted by atomic mass is 32.1. The van der Waals surface area contributed by atoms with Crippen LogP contribution in [0, 0.1) is 0 Å². The molecule has 110 valence electrons. The molecule has 0 bridgehead atoms. The van der Waals surface area contributed by atoms with E-state index in [0.29, 0.717) is 11.0 Å². The van der Waals surface area contributed by atoms with E-state index in [1.807, 2.05) is 39.1 Å². The summed E-state index contributed by atoms with van der Waals surface area (Å²) >= 11 is 5.06. The molecule has 0 aromatic heterocycles. The van der Waals surface area contributed by atoms with Crippen LogP contribution in [0.2, 0.25) is 0 Å². The normalized spacial score (nSPS) is 8.63. The summed E-state index contributed by atoms with van der Waals surface area (Å²) in [6.07, 6.45) is 1.25. The number of benzene rings is 1. The molecule has 1 rings (SSSR count). The predicted molar refractivity (Wildman–Crippen MR) is 93.1 cm³/mol. The van der Waals surface area contributed by atoms with Crippen LogP contribution in [0.25, 0.3) is 0 Å². The third kappa shape index (κ3) is 9.48. The van der Waals surface area contributed by atoms with Crippen LogP contribution in [-0.2, 0) is 0 Å². The smallest absolute Gasteiger partial charge is 0.170 e. The molecular weight excluding hydrogens is 252 g/mol. The second-order valence-electron chi connectivity index (χ2n) is 4.15. The number of rotatable bonds is 2. The van der Waals surface area contributed by atoms with Gasteiger partial charge in [0.25, 0.3) is 0 Å². The second kappa shape index (κ2) is 13.3. The van der Waals surface area contributed by atoms with E-state index in [1.54, 1.807) is 0 Å². The van der Waals surface area contributed by atoms with E-state index in [1.165, 1.54) is 12.0 Å². The van der Waals surface area contributed by atoms with Crippen molar-refractivity contribution in [1.29, 1.82) is 0 Å². The molecule has 0 fully saturated rings. The lowest BCUT2D eigenvalue weighted by atomic mass is 10.0. The molecular formula is C16H30N2S. The number of anilines is 1. The summed E-state index contributed by atoms with van der Waals surface area (Å²) in [6.45, 7) is 12.6. The van der Waals surface area contributed by atoms with Crippen LogP contribution in [0.1, 0.15) is 59.4 Å². The van der Waals surface area contributed by atoms with Crippen molar-refractivity contribution in [3.63, 3.8) is 0 Å². The predicted octanol–water partition coefficient (Wildman–Crippen LogP) is 5.17. The first-order valence-electron chi connectivity index (χ1n) is 7.14. The highest BCUT2D eigenvalue weighted by molar-refractivity contribution is 7.80. The molecule has 2 N–H and O–H groups in total. The number of nitrogens with one attached hydrogen (secondary N) is 2. The molecule has 0 aliphatic carbocycles. The molecule has 0 saturated carbocycles. The zero-order valence-electron chi connectivity index (χ0n) is 13.5. The van der Waals surface area contributed by atoms with Crippen molar-refractivity contribution in [1.82, 2.24) is 5.32 Å². The molecule has 1 aromatic carbocycles. The summed E-state index contributed by atoms with van der Waals surface area (Å²) in [6, 6.07) is 8.21. The van der Waals surface area contributed by atoms with Crippen molar-refractivity contribution in [2.75, 3.05) is 12.4 Å². The van der Waals surface area contributed by atoms with Crippen molar-refractivity contribution in [3.8, 4) is 0 Å². The van der Waals surface area contributed by atoms with E-state index in [0.717, 1.165) is 5.69 Å². The Morgan fingerprint density at radius 2 is 1.63 bits per heavy atom. The van der Waals surface area contributed by atoms with Crippen LogP contribution in [0.3, 0.4) is 0 Å². The highest BCUT2D eigenvalue weighted by Crippen LogP contribution is 2.23. The van der Waals surface area contributed by atoms with Gasteiger partial charge in [-0.25, -0.2) is 0 Å². The minimum Gasteiger partial charge on any atom is -0.366 e. The lowest BCUT2D eigenvalue weighted by Crippen LogP contribution is -2.24. The van der Waals surface area contributed by atoms with Gasteiger partial charge in [-0.05, 0) is 29.8 Å². The third-order valence-corrected chi connectivity index (χ3v) is 2.36. The van der Waals surface area contributed by atoms with E-state index < -0.39 is 0 Å². The second-order valence-corrected chi connectivity index (χ2v) is 4.56. The van der Waals surface area contributed by atoms with Gasteiger partial charge in [0.05, 0.1) is 0 Å². The lowest BCUT2D eigenvalue weighted by molar-refractivity contribution is 0.869. The van der Waals surface area contributed by atoms with Gasteiger partial charge in [0.1, 0.15) is 0 Å². The monoisotopic (exact) mass is 282 g/mol. The zero-order valence-corrected chi connectivity index (χ0v) is 14.3. The zero-order chi connectivity index (χ0) is 15.3. The van der Waals surface area contributed by atoms with E-state index in [2.05, 4.69) is 44.4 Å². The SMILES string of the molecule is CC.CCC.CNC(=S)Nc1ccccc1C(C)C. The minimum absolute atomic E-state index is 0.498. The molecule has 19 heavy (non-hydrogen) atoms. The quantitative estimate of drug-likeness (QED) is 0.732. The summed E-state index contributed by atoms with van der Waals surface area (Å²) < 4.78 is 0. The average molecular weight is 282 g/mol. The molecule has 0 spiro atoms. The topological polar surface area (TPSA) is 24.1 Å². The molecule has 2 nitrogen and oxygen atoms in total.